The zero-order chi connectivity index (χ0) is 22.2. The summed E-state index contributed by atoms with van der Waals surface area (Å²) in [5.41, 5.74) is 1.01. The highest BCUT2D eigenvalue weighted by molar-refractivity contribution is 8.18. The average molecular weight is 441 g/mol. The van der Waals surface area contributed by atoms with Crippen LogP contribution < -0.4 is 5.32 Å². The number of nitro groups is 1. The number of amidine groups is 1. The van der Waals surface area contributed by atoms with E-state index >= 15 is 0 Å². The number of thioether (sulfide) groups is 1. The summed E-state index contributed by atoms with van der Waals surface area (Å²) in [5, 5.41) is 13.7. The third kappa shape index (κ3) is 6.16. The van der Waals surface area contributed by atoms with Crippen LogP contribution in [0.3, 0.4) is 0 Å². The molecular formula is C21H19N3O6S. The Hall–Kier alpha value is -3.66. The van der Waals surface area contributed by atoms with E-state index in [2.05, 4.69) is 10.3 Å². The number of allylic oxidation sites excluding steroid dienone is 2. The third-order valence-corrected chi connectivity index (χ3v) is 4.94. The fourth-order valence-corrected chi connectivity index (χ4v) is 3.23. The van der Waals surface area contributed by atoms with Crippen molar-refractivity contribution in [2.24, 2.45) is 4.99 Å². The standard InChI is InChI=1S/C21H19N3O6S/c1-2-3-13-29-20(26)14-7-9-15(10-8-14)22-21-23-19(25)17(31-21)6-4-5-16-11-12-18(30-16)24(27)28/h4-12H,2-3,13H2,1H3,(H,22,23,25)/b5-4+,17-6-. The Kier molecular flexibility index (Phi) is 7.39. The molecule has 0 spiro atoms. The van der Waals surface area contributed by atoms with E-state index in [1.165, 1.54) is 18.2 Å². The van der Waals surface area contributed by atoms with Crippen LogP contribution >= 0.6 is 11.8 Å². The zero-order valence-electron chi connectivity index (χ0n) is 16.6. The second-order valence-electron chi connectivity index (χ2n) is 6.33. The predicted molar refractivity (Wildman–Crippen MR) is 117 cm³/mol. The molecular weight excluding hydrogens is 422 g/mol. The summed E-state index contributed by atoms with van der Waals surface area (Å²) in [6.45, 7) is 2.41. The summed E-state index contributed by atoms with van der Waals surface area (Å²) in [4.78, 5) is 38.8. The molecule has 0 saturated carbocycles. The Morgan fingerprint density at radius 1 is 1.29 bits per heavy atom. The van der Waals surface area contributed by atoms with Crippen molar-refractivity contribution in [3.05, 3.63) is 74.9 Å². The minimum absolute atomic E-state index is 0.300. The van der Waals surface area contributed by atoms with Gasteiger partial charge in [-0.1, -0.05) is 19.4 Å². The van der Waals surface area contributed by atoms with Gasteiger partial charge in [0.2, 0.25) is 0 Å². The number of hydrogen-bond acceptors (Lipinski definition) is 8. The second kappa shape index (κ2) is 10.4. The van der Waals surface area contributed by atoms with Crippen molar-refractivity contribution >= 4 is 46.5 Å². The smallest absolute Gasteiger partial charge is 0.433 e. The highest BCUT2D eigenvalue weighted by Gasteiger charge is 2.23. The molecule has 1 amide bonds. The molecule has 9 nitrogen and oxygen atoms in total. The van der Waals surface area contributed by atoms with Gasteiger partial charge in [0.15, 0.2) is 5.17 Å². The number of carbonyl (C=O) groups excluding carboxylic acids is 2. The predicted octanol–water partition coefficient (Wildman–Crippen LogP) is 4.59. The molecule has 31 heavy (non-hydrogen) atoms. The molecule has 2 heterocycles. The molecule has 0 bridgehead atoms. The van der Waals surface area contributed by atoms with Crippen LogP contribution in [0.25, 0.3) is 6.08 Å². The van der Waals surface area contributed by atoms with E-state index in [1.54, 1.807) is 36.4 Å². The first kappa shape index (κ1) is 22.0. The van der Waals surface area contributed by atoms with E-state index in [1.807, 2.05) is 6.92 Å². The quantitative estimate of drug-likeness (QED) is 0.209. The molecule has 0 radical (unpaired) electrons. The van der Waals surface area contributed by atoms with Crippen LogP contribution in [-0.2, 0) is 9.53 Å². The van der Waals surface area contributed by atoms with Crippen molar-refractivity contribution in [1.29, 1.82) is 0 Å². The van der Waals surface area contributed by atoms with Gasteiger partial charge in [-0.15, -0.1) is 0 Å². The third-order valence-electron chi connectivity index (χ3n) is 4.02. The van der Waals surface area contributed by atoms with Crippen molar-refractivity contribution in [2.45, 2.75) is 19.8 Å². The number of carbonyl (C=O) groups is 2. The molecule has 1 fully saturated rings. The summed E-state index contributed by atoms with van der Waals surface area (Å²) in [5.74, 6) is -0.742. The number of rotatable bonds is 8. The van der Waals surface area contributed by atoms with Gasteiger partial charge in [0, 0.05) is 0 Å². The van der Waals surface area contributed by atoms with Crippen LogP contribution in [0.4, 0.5) is 11.6 Å². The maximum absolute atomic E-state index is 12.1. The van der Waals surface area contributed by atoms with Crippen molar-refractivity contribution in [3.63, 3.8) is 0 Å². The number of nitrogens with zero attached hydrogens (tertiary/aromatic N) is 2. The Morgan fingerprint density at radius 3 is 2.74 bits per heavy atom. The molecule has 1 aromatic carbocycles. The number of amides is 1. The fourth-order valence-electron chi connectivity index (χ4n) is 2.44. The highest BCUT2D eigenvalue weighted by atomic mass is 32.2. The summed E-state index contributed by atoms with van der Waals surface area (Å²) in [6, 6.07) is 9.30. The number of unbranched alkanes of at least 4 members (excludes halogenated alkanes) is 1. The van der Waals surface area contributed by atoms with E-state index in [0.717, 1.165) is 24.6 Å². The Bertz CT molecular complexity index is 1070. The summed E-state index contributed by atoms with van der Waals surface area (Å²) in [6.07, 6.45) is 6.41. The summed E-state index contributed by atoms with van der Waals surface area (Å²) >= 11 is 1.15. The molecule has 3 rings (SSSR count). The van der Waals surface area contributed by atoms with Gasteiger partial charge in [0.25, 0.3) is 5.91 Å². The molecule has 2 aromatic rings. The van der Waals surface area contributed by atoms with Crippen molar-refractivity contribution in [1.82, 2.24) is 5.32 Å². The Morgan fingerprint density at radius 2 is 2.06 bits per heavy atom. The lowest BCUT2D eigenvalue weighted by Gasteiger charge is -2.04. The molecule has 160 valence electrons. The van der Waals surface area contributed by atoms with Crippen molar-refractivity contribution < 1.29 is 23.7 Å². The molecule has 1 aliphatic rings. The monoisotopic (exact) mass is 441 g/mol. The lowest BCUT2D eigenvalue weighted by Crippen LogP contribution is -2.19. The van der Waals surface area contributed by atoms with Crippen LogP contribution in [0.1, 0.15) is 35.9 Å². The van der Waals surface area contributed by atoms with Gasteiger partial charge in [-0.3, -0.25) is 14.9 Å². The number of nitrogens with one attached hydrogen (secondary N) is 1. The minimum Gasteiger partial charge on any atom is -0.462 e. The first-order valence-corrected chi connectivity index (χ1v) is 10.3. The largest absolute Gasteiger partial charge is 0.462 e. The molecule has 0 atom stereocenters. The molecule has 1 aromatic heterocycles. The number of benzene rings is 1. The molecule has 1 saturated heterocycles. The van der Waals surface area contributed by atoms with Gasteiger partial charge < -0.3 is 14.5 Å². The van der Waals surface area contributed by atoms with Crippen LogP contribution in [0, 0.1) is 10.1 Å². The minimum atomic E-state index is -0.624. The van der Waals surface area contributed by atoms with E-state index in [-0.39, 0.29) is 17.8 Å². The lowest BCUT2D eigenvalue weighted by atomic mass is 10.2. The van der Waals surface area contributed by atoms with Crippen LogP contribution in [-0.4, -0.2) is 28.6 Å². The highest BCUT2D eigenvalue weighted by Crippen LogP contribution is 2.26. The second-order valence-corrected chi connectivity index (χ2v) is 7.36. The number of hydrogen-bond donors (Lipinski definition) is 1. The number of ether oxygens (including phenoxy) is 1. The number of esters is 1. The lowest BCUT2D eigenvalue weighted by molar-refractivity contribution is -0.402. The fraction of sp³-hybridized carbons (Fsp3) is 0.190. The molecule has 1 N–H and O–H groups in total. The Balaban J connectivity index is 1.61. The summed E-state index contributed by atoms with van der Waals surface area (Å²) in [7, 11) is 0. The van der Waals surface area contributed by atoms with E-state index < -0.39 is 4.92 Å². The van der Waals surface area contributed by atoms with Crippen LogP contribution in [0.5, 0.6) is 0 Å². The number of furan rings is 1. The van der Waals surface area contributed by atoms with E-state index in [0.29, 0.717) is 33.7 Å². The molecule has 0 aliphatic carbocycles. The van der Waals surface area contributed by atoms with E-state index in [9.17, 15) is 19.7 Å². The van der Waals surface area contributed by atoms with E-state index in [4.69, 9.17) is 9.15 Å². The first-order valence-electron chi connectivity index (χ1n) is 9.44. The topological polar surface area (TPSA) is 124 Å². The van der Waals surface area contributed by atoms with Crippen LogP contribution in [0.2, 0.25) is 0 Å². The average Bonchev–Trinajstić information content (AvgIpc) is 3.36. The first-order chi connectivity index (χ1) is 15.0. The zero-order valence-corrected chi connectivity index (χ0v) is 17.4. The maximum Gasteiger partial charge on any atom is 0.433 e. The molecule has 1 aliphatic heterocycles. The summed E-state index contributed by atoms with van der Waals surface area (Å²) < 4.78 is 10.2. The van der Waals surface area contributed by atoms with Gasteiger partial charge in [-0.2, -0.15) is 0 Å². The normalized spacial score (nSPS) is 16.2. The van der Waals surface area contributed by atoms with Crippen molar-refractivity contribution in [3.8, 4) is 0 Å². The van der Waals surface area contributed by atoms with Gasteiger partial charge in [-0.05, 0) is 60.7 Å². The molecule has 0 unspecified atom stereocenters. The molecule has 10 heteroatoms. The number of aliphatic imine (C=N–C) groups is 1. The van der Waals surface area contributed by atoms with Gasteiger partial charge in [0.05, 0.1) is 28.8 Å². The van der Waals surface area contributed by atoms with Gasteiger partial charge >= 0.3 is 11.9 Å². The Labute approximate surface area is 182 Å². The van der Waals surface area contributed by atoms with Gasteiger partial charge in [-0.25, -0.2) is 9.79 Å². The maximum atomic E-state index is 12.1. The van der Waals surface area contributed by atoms with Crippen molar-refractivity contribution in [2.75, 3.05) is 6.61 Å². The van der Waals surface area contributed by atoms with Gasteiger partial charge in [0.1, 0.15) is 10.7 Å². The SMILES string of the molecule is CCCCOC(=O)c1ccc(N=C2NC(=O)/C(=C/C=C/c3ccc([N+](=O)[O-])o3)S2)cc1. The van der Waals surface area contributed by atoms with Crippen LogP contribution in [0.15, 0.2) is 62.9 Å².